The summed E-state index contributed by atoms with van der Waals surface area (Å²) in [6.07, 6.45) is 4.22. The van der Waals surface area contributed by atoms with Crippen LogP contribution in [-0.2, 0) is 0 Å². The molecule has 0 aromatic carbocycles. The second-order valence-electron chi connectivity index (χ2n) is 5.33. The van der Waals surface area contributed by atoms with Gasteiger partial charge in [0.2, 0.25) is 0 Å². The van der Waals surface area contributed by atoms with E-state index in [1.165, 1.54) is 71.6 Å². The van der Waals surface area contributed by atoms with E-state index in [0.717, 1.165) is 5.92 Å². The molecule has 1 heterocycles. The maximum absolute atomic E-state index is 3.58. The fourth-order valence-corrected chi connectivity index (χ4v) is 2.42. The van der Waals surface area contributed by atoms with E-state index in [4.69, 9.17) is 0 Å². The van der Waals surface area contributed by atoms with Crippen LogP contribution >= 0.6 is 0 Å². The minimum atomic E-state index is 1.02. The summed E-state index contributed by atoms with van der Waals surface area (Å²) in [5.74, 6) is 1.02. The summed E-state index contributed by atoms with van der Waals surface area (Å²) in [5, 5.41) is 3.58. The molecule has 0 radical (unpaired) electrons. The molecular weight excluding hydrogens is 198 g/mol. The van der Waals surface area contributed by atoms with Crippen LogP contribution in [0.1, 0.15) is 26.2 Å². The molecule has 2 aliphatic rings. The molecule has 0 amide bonds. The van der Waals surface area contributed by atoms with Crippen LogP contribution in [0.2, 0.25) is 0 Å². The van der Waals surface area contributed by atoms with Gasteiger partial charge in [0.25, 0.3) is 0 Å². The highest BCUT2D eigenvalue weighted by atomic mass is 15.3. The lowest BCUT2D eigenvalue weighted by molar-refractivity contribution is 0.133. The van der Waals surface area contributed by atoms with Crippen molar-refractivity contribution in [1.29, 1.82) is 0 Å². The zero-order valence-electron chi connectivity index (χ0n) is 10.7. The molecule has 0 aromatic rings. The first-order valence-electron chi connectivity index (χ1n) is 7.04. The molecule has 16 heavy (non-hydrogen) atoms. The lowest BCUT2D eigenvalue weighted by Gasteiger charge is -2.34. The van der Waals surface area contributed by atoms with Crippen LogP contribution in [-0.4, -0.2) is 62.2 Å². The Morgan fingerprint density at radius 1 is 1.00 bits per heavy atom. The van der Waals surface area contributed by atoms with Gasteiger partial charge in [-0.05, 0) is 38.3 Å². The highest BCUT2D eigenvalue weighted by Crippen LogP contribution is 2.27. The van der Waals surface area contributed by atoms with E-state index >= 15 is 0 Å². The van der Waals surface area contributed by atoms with Crippen LogP contribution in [0.5, 0.6) is 0 Å². The Morgan fingerprint density at radius 2 is 1.62 bits per heavy atom. The van der Waals surface area contributed by atoms with E-state index in [1.54, 1.807) is 0 Å². The first-order chi connectivity index (χ1) is 7.88. The van der Waals surface area contributed by atoms with Crippen LogP contribution in [0.4, 0.5) is 0 Å². The Hall–Kier alpha value is -0.120. The van der Waals surface area contributed by atoms with Crippen molar-refractivity contribution in [2.24, 2.45) is 5.92 Å². The SMILES string of the molecule is CCCN1CCN(CCNCC2CC2)CC1. The molecule has 0 atom stereocenters. The number of hydrogen-bond donors (Lipinski definition) is 1. The highest BCUT2D eigenvalue weighted by Gasteiger charge is 2.20. The van der Waals surface area contributed by atoms with Gasteiger partial charge in [0, 0.05) is 39.3 Å². The first-order valence-corrected chi connectivity index (χ1v) is 7.04. The zero-order chi connectivity index (χ0) is 11.2. The van der Waals surface area contributed by atoms with Crippen LogP contribution < -0.4 is 5.32 Å². The topological polar surface area (TPSA) is 18.5 Å². The average molecular weight is 225 g/mol. The van der Waals surface area contributed by atoms with Gasteiger partial charge in [0.1, 0.15) is 0 Å². The molecule has 0 aromatic heterocycles. The van der Waals surface area contributed by atoms with Gasteiger partial charge < -0.3 is 10.2 Å². The van der Waals surface area contributed by atoms with Crippen molar-refractivity contribution in [2.45, 2.75) is 26.2 Å². The van der Waals surface area contributed by atoms with Gasteiger partial charge in [-0.15, -0.1) is 0 Å². The smallest absolute Gasteiger partial charge is 0.0110 e. The molecule has 0 spiro atoms. The number of piperazine rings is 1. The second kappa shape index (κ2) is 6.58. The predicted molar refractivity (Wildman–Crippen MR) is 68.8 cm³/mol. The van der Waals surface area contributed by atoms with Crippen molar-refractivity contribution in [2.75, 3.05) is 52.4 Å². The van der Waals surface area contributed by atoms with Crippen LogP contribution in [0.3, 0.4) is 0 Å². The van der Waals surface area contributed by atoms with Gasteiger partial charge in [-0.3, -0.25) is 4.90 Å². The number of rotatable bonds is 7. The van der Waals surface area contributed by atoms with Crippen molar-refractivity contribution < 1.29 is 0 Å². The van der Waals surface area contributed by atoms with Gasteiger partial charge in [0.15, 0.2) is 0 Å². The molecule has 3 nitrogen and oxygen atoms in total. The minimum Gasteiger partial charge on any atom is -0.315 e. The first kappa shape index (κ1) is 12.3. The van der Waals surface area contributed by atoms with Gasteiger partial charge >= 0.3 is 0 Å². The van der Waals surface area contributed by atoms with Crippen molar-refractivity contribution in [3.63, 3.8) is 0 Å². The molecule has 2 rings (SSSR count). The van der Waals surface area contributed by atoms with Gasteiger partial charge in [-0.25, -0.2) is 0 Å². The second-order valence-corrected chi connectivity index (χ2v) is 5.33. The molecule has 1 saturated heterocycles. The summed E-state index contributed by atoms with van der Waals surface area (Å²) in [4.78, 5) is 5.19. The van der Waals surface area contributed by atoms with Gasteiger partial charge in [-0.2, -0.15) is 0 Å². The van der Waals surface area contributed by atoms with E-state index in [2.05, 4.69) is 22.0 Å². The lowest BCUT2D eigenvalue weighted by Crippen LogP contribution is -2.48. The molecule has 0 unspecified atom stereocenters. The van der Waals surface area contributed by atoms with Crippen molar-refractivity contribution in [1.82, 2.24) is 15.1 Å². The molecule has 0 bridgehead atoms. The molecule has 1 aliphatic carbocycles. The Bertz CT molecular complexity index is 184. The number of nitrogens with zero attached hydrogens (tertiary/aromatic N) is 2. The summed E-state index contributed by atoms with van der Waals surface area (Å²) in [7, 11) is 0. The fourth-order valence-electron chi connectivity index (χ4n) is 2.42. The third-order valence-electron chi connectivity index (χ3n) is 3.74. The molecular formula is C13H27N3. The monoisotopic (exact) mass is 225 g/mol. The number of nitrogens with one attached hydrogen (secondary N) is 1. The minimum absolute atomic E-state index is 1.02. The molecule has 2 fully saturated rings. The van der Waals surface area contributed by atoms with Gasteiger partial charge in [0.05, 0.1) is 0 Å². The van der Waals surface area contributed by atoms with E-state index in [-0.39, 0.29) is 0 Å². The average Bonchev–Trinajstić information content (AvgIpc) is 3.11. The van der Waals surface area contributed by atoms with E-state index in [0.29, 0.717) is 0 Å². The largest absolute Gasteiger partial charge is 0.315 e. The summed E-state index contributed by atoms with van der Waals surface area (Å²) in [5.41, 5.74) is 0. The Morgan fingerprint density at radius 3 is 2.19 bits per heavy atom. The molecule has 1 saturated carbocycles. The van der Waals surface area contributed by atoms with Crippen molar-refractivity contribution in [3.05, 3.63) is 0 Å². The van der Waals surface area contributed by atoms with Crippen LogP contribution in [0.25, 0.3) is 0 Å². The lowest BCUT2D eigenvalue weighted by atomic mass is 10.3. The Balaban J connectivity index is 1.47. The summed E-state index contributed by atoms with van der Waals surface area (Å²) in [6, 6.07) is 0. The molecule has 94 valence electrons. The summed E-state index contributed by atoms with van der Waals surface area (Å²) >= 11 is 0. The molecule has 1 N–H and O–H groups in total. The Kier molecular flexibility index (Phi) is 5.07. The zero-order valence-corrected chi connectivity index (χ0v) is 10.7. The van der Waals surface area contributed by atoms with Crippen LogP contribution in [0, 0.1) is 5.92 Å². The third kappa shape index (κ3) is 4.40. The third-order valence-corrected chi connectivity index (χ3v) is 3.74. The summed E-state index contributed by atoms with van der Waals surface area (Å²) in [6.45, 7) is 12.3. The van der Waals surface area contributed by atoms with Gasteiger partial charge in [-0.1, -0.05) is 6.92 Å². The van der Waals surface area contributed by atoms with Crippen molar-refractivity contribution >= 4 is 0 Å². The summed E-state index contributed by atoms with van der Waals surface area (Å²) < 4.78 is 0. The van der Waals surface area contributed by atoms with E-state index in [1.807, 2.05) is 0 Å². The Labute approximate surface area is 100 Å². The van der Waals surface area contributed by atoms with E-state index < -0.39 is 0 Å². The maximum Gasteiger partial charge on any atom is 0.0110 e. The van der Waals surface area contributed by atoms with E-state index in [9.17, 15) is 0 Å². The molecule has 1 aliphatic heterocycles. The fraction of sp³-hybridized carbons (Fsp3) is 1.00. The van der Waals surface area contributed by atoms with Crippen LogP contribution in [0.15, 0.2) is 0 Å². The standard InChI is InChI=1S/C13H27N3/c1-2-6-15-8-10-16(11-9-15)7-5-14-12-13-3-4-13/h13-14H,2-12H2,1H3. The number of hydrogen-bond acceptors (Lipinski definition) is 3. The molecule has 3 heteroatoms. The quantitative estimate of drug-likeness (QED) is 0.653. The van der Waals surface area contributed by atoms with Crippen molar-refractivity contribution in [3.8, 4) is 0 Å². The predicted octanol–water partition coefficient (Wildman–Crippen LogP) is 1.01. The highest BCUT2D eigenvalue weighted by molar-refractivity contribution is 4.76. The maximum atomic E-state index is 3.58. The normalized spacial score (nSPS) is 23.8.